The number of sulfonamides is 1. The lowest BCUT2D eigenvalue weighted by Gasteiger charge is -2.37. The topological polar surface area (TPSA) is 84.5 Å². The van der Waals surface area contributed by atoms with E-state index in [1.54, 1.807) is 30.3 Å². The zero-order valence-electron chi connectivity index (χ0n) is 19.0. The number of methoxy groups -OCH3 is 1. The highest BCUT2D eigenvalue weighted by Gasteiger charge is 2.38. The summed E-state index contributed by atoms with van der Waals surface area (Å²) >= 11 is 0. The van der Waals surface area contributed by atoms with Crippen LogP contribution in [-0.4, -0.2) is 21.5 Å². The van der Waals surface area contributed by atoms with Crippen LogP contribution >= 0.6 is 0 Å². The number of ether oxygens (including phenoxy) is 1. The van der Waals surface area contributed by atoms with Crippen LogP contribution < -0.4 is 10.0 Å². The molecule has 0 amide bonds. The van der Waals surface area contributed by atoms with E-state index in [0.29, 0.717) is 11.3 Å². The number of carbonyl (C=O) groups excluding carboxylic acids is 1. The Hall–Kier alpha value is -3.58. The van der Waals surface area contributed by atoms with Crippen molar-refractivity contribution < 1.29 is 17.9 Å². The Morgan fingerprint density at radius 1 is 1.06 bits per heavy atom. The first-order valence-corrected chi connectivity index (χ1v) is 12.7. The predicted molar refractivity (Wildman–Crippen MR) is 133 cm³/mol. The van der Waals surface area contributed by atoms with Crippen molar-refractivity contribution in [3.8, 4) is 0 Å². The first-order valence-electron chi connectivity index (χ1n) is 11.2. The molecule has 0 saturated carbocycles. The van der Waals surface area contributed by atoms with E-state index in [-0.39, 0.29) is 28.7 Å². The van der Waals surface area contributed by atoms with Gasteiger partial charge in [0.05, 0.1) is 23.6 Å². The lowest BCUT2D eigenvalue weighted by molar-refractivity contribution is 0.0600. The van der Waals surface area contributed by atoms with Gasteiger partial charge in [0.25, 0.3) is 10.0 Å². The summed E-state index contributed by atoms with van der Waals surface area (Å²) in [6.07, 6.45) is 5.22. The molecular weight excluding hydrogens is 448 g/mol. The van der Waals surface area contributed by atoms with Gasteiger partial charge in [-0.2, -0.15) is 0 Å². The van der Waals surface area contributed by atoms with Gasteiger partial charge >= 0.3 is 5.97 Å². The molecule has 2 unspecified atom stereocenters. The lowest BCUT2D eigenvalue weighted by Crippen LogP contribution is -2.29. The summed E-state index contributed by atoms with van der Waals surface area (Å²) in [6, 6.07) is 20.1. The minimum atomic E-state index is -3.72. The van der Waals surface area contributed by atoms with Crippen LogP contribution in [0.3, 0.4) is 0 Å². The van der Waals surface area contributed by atoms with Crippen LogP contribution in [0.5, 0.6) is 0 Å². The molecule has 0 spiro atoms. The molecule has 2 N–H and O–H groups in total. The summed E-state index contributed by atoms with van der Waals surface area (Å²) in [7, 11) is -2.35. The van der Waals surface area contributed by atoms with Crippen LogP contribution in [-0.2, 0) is 14.8 Å². The molecule has 34 heavy (non-hydrogen) atoms. The molecule has 1 aliphatic carbocycles. The van der Waals surface area contributed by atoms with Gasteiger partial charge in [0, 0.05) is 17.3 Å². The van der Waals surface area contributed by atoms with E-state index in [1.165, 1.54) is 7.11 Å². The highest BCUT2D eigenvalue weighted by Crippen LogP contribution is 2.50. The minimum Gasteiger partial charge on any atom is -0.465 e. The van der Waals surface area contributed by atoms with Gasteiger partial charge in [0.15, 0.2) is 0 Å². The molecule has 0 bridgehead atoms. The van der Waals surface area contributed by atoms with E-state index in [4.69, 9.17) is 4.74 Å². The average molecular weight is 475 g/mol. The SMILES string of the molecule is COC(=O)c1ccc([C@H]2Nc3ccc(S(=O)(=O)Nc4cccc(C)c4)cc3C3C=CCC32)cc1. The normalized spacial score (nSPS) is 20.7. The van der Waals surface area contributed by atoms with Crippen molar-refractivity contribution in [2.24, 2.45) is 5.92 Å². The smallest absolute Gasteiger partial charge is 0.337 e. The van der Waals surface area contributed by atoms with Gasteiger partial charge < -0.3 is 10.1 Å². The van der Waals surface area contributed by atoms with E-state index in [1.807, 2.05) is 43.3 Å². The van der Waals surface area contributed by atoms with Crippen LogP contribution in [0.2, 0.25) is 0 Å². The van der Waals surface area contributed by atoms with Crippen molar-refractivity contribution in [1.82, 2.24) is 0 Å². The van der Waals surface area contributed by atoms with Crippen LogP contribution in [0.1, 0.15) is 45.4 Å². The van der Waals surface area contributed by atoms with Crippen molar-refractivity contribution in [2.75, 3.05) is 17.1 Å². The van der Waals surface area contributed by atoms with E-state index in [9.17, 15) is 13.2 Å². The largest absolute Gasteiger partial charge is 0.465 e. The number of fused-ring (bicyclic) bond motifs is 3. The Morgan fingerprint density at radius 2 is 1.85 bits per heavy atom. The average Bonchev–Trinajstić information content (AvgIpc) is 3.33. The molecule has 3 aromatic carbocycles. The van der Waals surface area contributed by atoms with E-state index in [0.717, 1.165) is 28.8 Å². The third-order valence-corrected chi connectivity index (χ3v) is 7.98. The Morgan fingerprint density at radius 3 is 2.59 bits per heavy atom. The molecule has 1 aliphatic heterocycles. The number of anilines is 2. The molecule has 3 atom stereocenters. The van der Waals surface area contributed by atoms with E-state index >= 15 is 0 Å². The summed E-state index contributed by atoms with van der Waals surface area (Å²) in [5.74, 6) is -0.00302. The monoisotopic (exact) mass is 474 g/mol. The zero-order chi connectivity index (χ0) is 23.9. The molecule has 0 aromatic heterocycles. The quantitative estimate of drug-likeness (QED) is 0.382. The Bertz CT molecular complexity index is 1380. The van der Waals surface area contributed by atoms with Gasteiger partial charge in [-0.1, -0.05) is 36.4 Å². The number of esters is 1. The van der Waals surface area contributed by atoms with Gasteiger partial charge in [-0.3, -0.25) is 4.72 Å². The predicted octanol–water partition coefficient (Wildman–Crippen LogP) is 5.41. The van der Waals surface area contributed by atoms with Gasteiger partial charge in [-0.25, -0.2) is 13.2 Å². The fourth-order valence-electron chi connectivity index (χ4n) is 4.94. The number of allylic oxidation sites excluding steroid dienone is 2. The molecular formula is C27H26N2O4S. The Kier molecular flexibility index (Phi) is 5.65. The van der Waals surface area contributed by atoms with Crippen LogP contribution in [0, 0.1) is 12.8 Å². The molecule has 5 rings (SSSR count). The maximum Gasteiger partial charge on any atom is 0.337 e. The van der Waals surface area contributed by atoms with E-state index in [2.05, 4.69) is 22.2 Å². The third kappa shape index (κ3) is 4.07. The second kappa shape index (κ2) is 8.65. The molecule has 0 radical (unpaired) electrons. The first kappa shape index (κ1) is 22.2. The van der Waals surface area contributed by atoms with Gasteiger partial charge in [0.1, 0.15) is 0 Å². The second-order valence-electron chi connectivity index (χ2n) is 8.81. The van der Waals surface area contributed by atoms with Crippen LogP contribution in [0.15, 0.2) is 83.8 Å². The molecule has 1 heterocycles. The van der Waals surface area contributed by atoms with Crippen molar-refractivity contribution in [3.05, 3.63) is 101 Å². The van der Waals surface area contributed by atoms with Crippen molar-refractivity contribution in [1.29, 1.82) is 0 Å². The summed E-state index contributed by atoms with van der Waals surface area (Å²) < 4.78 is 33.7. The summed E-state index contributed by atoms with van der Waals surface area (Å²) in [4.78, 5) is 12.0. The summed E-state index contributed by atoms with van der Waals surface area (Å²) in [5.41, 5.74) is 5.02. The minimum absolute atomic E-state index is 0.0482. The fraction of sp³-hybridized carbons (Fsp3) is 0.222. The molecule has 7 heteroatoms. The van der Waals surface area contributed by atoms with Crippen molar-refractivity contribution >= 4 is 27.4 Å². The summed E-state index contributed by atoms with van der Waals surface area (Å²) in [6.45, 7) is 1.92. The Labute approximate surface area is 199 Å². The molecule has 174 valence electrons. The number of carbonyl (C=O) groups is 1. The number of nitrogens with one attached hydrogen (secondary N) is 2. The molecule has 0 fully saturated rings. The zero-order valence-corrected chi connectivity index (χ0v) is 19.8. The van der Waals surface area contributed by atoms with Crippen LogP contribution in [0.4, 0.5) is 11.4 Å². The highest BCUT2D eigenvalue weighted by molar-refractivity contribution is 7.92. The van der Waals surface area contributed by atoms with Gasteiger partial charge in [-0.15, -0.1) is 0 Å². The van der Waals surface area contributed by atoms with Crippen LogP contribution in [0.25, 0.3) is 0 Å². The molecule has 2 aliphatic rings. The second-order valence-corrected chi connectivity index (χ2v) is 10.5. The van der Waals surface area contributed by atoms with Crippen molar-refractivity contribution in [2.45, 2.75) is 30.2 Å². The highest BCUT2D eigenvalue weighted by atomic mass is 32.2. The number of benzene rings is 3. The molecule has 6 nitrogen and oxygen atoms in total. The molecule has 3 aromatic rings. The Balaban J connectivity index is 1.45. The third-order valence-electron chi connectivity index (χ3n) is 6.61. The van der Waals surface area contributed by atoms with E-state index < -0.39 is 10.0 Å². The van der Waals surface area contributed by atoms with Gasteiger partial charge in [-0.05, 0) is 78.4 Å². The fourth-order valence-corrected chi connectivity index (χ4v) is 6.02. The summed E-state index contributed by atoms with van der Waals surface area (Å²) in [5, 5.41) is 3.61. The number of hydrogen-bond acceptors (Lipinski definition) is 5. The number of hydrogen-bond donors (Lipinski definition) is 2. The van der Waals surface area contributed by atoms with Gasteiger partial charge in [0.2, 0.25) is 0 Å². The first-order chi connectivity index (χ1) is 16.4. The number of aryl methyl sites for hydroxylation is 1. The van der Waals surface area contributed by atoms with Crippen molar-refractivity contribution in [3.63, 3.8) is 0 Å². The maximum atomic E-state index is 13.1. The lowest BCUT2D eigenvalue weighted by atomic mass is 9.77. The molecule has 0 saturated heterocycles. The maximum absolute atomic E-state index is 13.1. The standard InChI is InChI=1S/C27H26N2O4S/c1-17-5-3-6-20(15-17)29-34(31,32)21-13-14-25-24(16-21)22-7-4-8-23(22)26(28-25)18-9-11-19(12-10-18)27(30)33-2/h3-7,9-16,22-23,26,28-29H,8H2,1-2H3/t22?,23?,26-/m1/s1. The number of rotatable bonds is 5.